The summed E-state index contributed by atoms with van der Waals surface area (Å²) in [5.74, 6) is -1.43. The summed E-state index contributed by atoms with van der Waals surface area (Å²) in [6, 6.07) is 0.615. The highest BCUT2D eigenvalue weighted by atomic mass is 32.1. The monoisotopic (exact) mass is 492 g/mol. The van der Waals surface area contributed by atoms with Gasteiger partial charge in [0.2, 0.25) is 0 Å². The van der Waals surface area contributed by atoms with Gasteiger partial charge >= 0.3 is 5.97 Å². The molecule has 2 saturated heterocycles. The number of carbonyl (C=O) groups excluding carboxylic acids is 2. The zero-order valence-corrected chi connectivity index (χ0v) is 22.0. The number of thiazole rings is 1. The normalized spacial score (nSPS) is 36.0. The smallest absolute Gasteiger partial charge is 0.309 e. The zero-order valence-electron chi connectivity index (χ0n) is 21.2. The number of hydrogen-bond donors (Lipinski definition) is 3. The molecule has 7 atom stereocenters. The van der Waals surface area contributed by atoms with Gasteiger partial charge in [-0.15, -0.1) is 11.3 Å². The largest absolute Gasteiger partial charge is 0.458 e. The molecule has 0 bridgehead atoms. The first-order chi connectivity index (χ1) is 15.9. The maximum atomic E-state index is 13.2. The quantitative estimate of drug-likeness (QED) is 0.426. The Labute approximate surface area is 207 Å². The molecule has 0 aliphatic carbocycles. The number of fused-ring (bicyclic) bond motifs is 1. The van der Waals surface area contributed by atoms with Gasteiger partial charge in [-0.1, -0.05) is 34.1 Å². The summed E-state index contributed by atoms with van der Waals surface area (Å²) in [7, 11) is 0. The molecule has 3 rings (SSSR count). The lowest BCUT2D eigenvalue weighted by Gasteiger charge is -2.34. The molecule has 0 radical (unpaired) electrons. The van der Waals surface area contributed by atoms with Gasteiger partial charge in [0, 0.05) is 29.8 Å². The number of esters is 1. The second kappa shape index (κ2) is 11.0. The average Bonchev–Trinajstić information content (AvgIpc) is 3.38. The molecule has 3 N–H and O–H groups in total. The van der Waals surface area contributed by atoms with Crippen molar-refractivity contribution in [1.29, 1.82) is 0 Å². The molecule has 1 aromatic rings. The number of rotatable bonds is 2. The first-order valence-corrected chi connectivity index (χ1v) is 13.2. The fourth-order valence-electron chi connectivity index (χ4n) is 4.92. The summed E-state index contributed by atoms with van der Waals surface area (Å²) < 4.78 is 5.86. The number of ether oxygens (including phenoxy) is 1. The van der Waals surface area contributed by atoms with Crippen molar-refractivity contribution < 1.29 is 24.5 Å². The maximum Gasteiger partial charge on any atom is 0.309 e. The molecule has 8 heteroatoms. The topological polar surface area (TPSA) is 119 Å². The van der Waals surface area contributed by atoms with Crippen LogP contribution in [0.1, 0.15) is 77.4 Å². The minimum atomic E-state index is -1.21. The van der Waals surface area contributed by atoms with Crippen LogP contribution >= 0.6 is 11.3 Å². The average molecular weight is 493 g/mol. The van der Waals surface area contributed by atoms with Gasteiger partial charge in [-0.05, 0) is 44.3 Å². The van der Waals surface area contributed by atoms with Crippen LogP contribution in [-0.2, 0) is 14.3 Å². The van der Waals surface area contributed by atoms with Crippen molar-refractivity contribution in [2.45, 2.75) is 104 Å². The van der Waals surface area contributed by atoms with Crippen LogP contribution in [0, 0.1) is 24.2 Å². The number of cyclic esters (lactones) is 1. The molecule has 0 spiro atoms. The highest BCUT2D eigenvalue weighted by Gasteiger charge is 2.43. The Morgan fingerprint density at radius 1 is 1.24 bits per heavy atom. The molecule has 2 aliphatic heterocycles. The highest BCUT2D eigenvalue weighted by molar-refractivity contribution is 7.09. The standard InChI is InChI=1S/C26H40N2O5S/c1-14-8-7-9-19-20(28-19)11-21(15(2)10-18-13-34-17(4)27-18)33-23(30)12-22(29)26(5,6)25(32)16(3)24(14)31/h10,13-14,16,19-22,24,28-29,31H,7-9,11-12H2,1-6H3/t14-,16+,19+,20-,21-,22-,24?/m0/s1. The number of hydrogen-bond acceptors (Lipinski definition) is 8. The van der Waals surface area contributed by atoms with Gasteiger partial charge in [0.25, 0.3) is 0 Å². The summed E-state index contributed by atoms with van der Waals surface area (Å²) in [6.45, 7) is 10.8. The number of nitrogens with one attached hydrogen (secondary N) is 1. The predicted molar refractivity (Wildman–Crippen MR) is 133 cm³/mol. The van der Waals surface area contributed by atoms with Crippen molar-refractivity contribution in [2.24, 2.45) is 17.3 Å². The van der Waals surface area contributed by atoms with E-state index < -0.39 is 35.6 Å². The number of aliphatic hydroxyl groups excluding tert-OH is 2. The summed E-state index contributed by atoms with van der Waals surface area (Å²) in [5.41, 5.74) is 0.567. The lowest BCUT2D eigenvalue weighted by Crippen LogP contribution is -2.45. The van der Waals surface area contributed by atoms with Gasteiger partial charge in [-0.3, -0.25) is 9.59 Å². The van der Waals surface area contributed by atoms with Gasteiger partial charge in [0.05, 0.1) is 34.7 Å². The number of aromatic nitrogens is 1. The molecule has 7 nitrogen and oxygen atoms in total. The molecule has 0 aromatic carbocycles. The molecule has 190 valence electrons. The van der Waals surface area contributed by atoms with E-state index in [9.17, 15) is 19.8 Å². The number of nitrogens with zero attached hydrogens (tertiary/aromatic N) is 1. The van der Waals surface area contributed by atoms with Crippen LogP contribution in [-0.4, -0.2) is 57.3 Å². The van der Waals surface area contributed by atoms with Crippen LogP contribution < -0.4 is 5.32 Å². The first-order valence-electron chi connectivity index (χ1n) is 12.4. The van der Waals surface area contributed by atoms with Crippen molar-refractivity contribution in [3.05, 3.63) is 21.7 Å². The van der Waals surface area contributed by atoms with Crippen molar-refractivity contribution in [2.75, 3.05) is 0 Å². The van der Waals surface area contributed by atoms with E-state index in [4.69, 9.17) is 4.74 Å². The molecule has 0 saturated carbocycles. The van der Waals surface area contributed by atoms with Crippen LogP contribution in [0.25, 0.3) is 6.08 Å². The van der Waals surface area contributed by atoms with Gasteiger partial charge in [-0.25, -0.2) is 4.98 Å². The maximum absolute atomic E-state index is 13.2. The number of Topliss-reactive ketones (excluding diaryl/α,β-unsaturated/α-hetero) is 1. The molecule has 2 fully saturated rings. The summed E-state index contributed by atoms with van der Waals surface area (Å²) >= 11 is 1.57. The van der Waals surface area contributed by atoms with E-state index >= 15 is 0 Å². The van der Waals surface area contributed by atoms with Crippen molar-refractivity contribution >= 4 is 29.2 Å². The molecular weight excluding hydrogens is 452 g/mol. The Balaban J connectivity index is 1.81. The third-order valence-corrected chi connectivity index (χ3v) is 8.37. The summed E-state index contributed by atoms with van der Waals surface area (Å²) in [6.07, 6.45) is 2.64. The Hall–Kier alpha value is -1.61. The van der Waals surface area contributed by atoms with E-state index in [2.05, 4.69) is 10.3 Å². The minimum absolute atomic E-state index is 0.0264. The molecule has 3 heterocycles. The predicted octanol–water partition coefficient (Wildman–Crippen LogP) is 3.66. The van der Waals surface area contributed by atoms with Crippen molar-refractivity contribution in [3.8, 4) is 0 Å². The van der Waals surface area contributed by atoms with Crippen LogP contribution in [0.5, 0.6) is 0 Å². The van der Waals surface area contributed by atoms with Gasteiger partial charge in [0.1, 0.15) is 11.9 Å². The summed E-state index contributed by atoms with van der Waals surface area (Å²) in [4.78, 5) is 30.5. The van der Waals surface area contributed by atoms with Crippen LogP contribution in [0.2, 0.25) is 0 Å². The van der Waals surface area contributed by atoms with Gasteiger partial charge in [-0.2, -0.15) is 0 Å². The molecule has 0 amide bonds. The lowest BCUT2D eigenvalue weighted by molar-refractivity contribution is -0.154. The third-order valence-electron chi connectivity index (χ3n) is 7.58. The fraction of sp³-hybridized carbons (Fsp3) is 0.731. The minimum Gasteiger partial charge on any atom is -0.458 e. The van der Waals surface area contributed by atoms with E-state index in [1.54, 1.807) is 32.1 Å². The lowest BCUT2D eigenvalue weighted by atomic mass is 9.73. The first kappa shape index (κ1) is 27.0. The Morgan fingerprint density at radius 3 is 2.59 bits per heavy atom. The second-order valence-corrected chi connectivity index (χ2v) is 11.8. The van der Waals surface area contributed by atoms with Gasteiger partial charge < -0.3 is 20.3 Å². The third kappa shape index (κ3) is 6.53. The Morgan fingerprint density at radius 2 is 1.94 bits per heavy atom. The van der Waals surface area contributed by atoms with Gasteiger partial charge in [0.15, 0.2) is 0 Å². The Kier molecular flexibility index (Phi) is 8.71. The van der Waals surface area contributed by atoms with E-state index in [1.165, 1.54) is 0 Å². The number of carbonyl (C=O) groups is 2. The van der Waals surface area contributed by atoms with E-state index in [-0.39, 0.29) is 24.2 Å². The Bertz CT molecular complexity index is 911. The van der Waals surface area contributed by atoms with Crippen LogP contribution in [0.4, 0.5) is 0 Å². The summed E-state index contributed by atoms with van der Waals surface area (Å²) in [5, 5.41) is 28.1. The van der Waals surface area contributed by atoms with E-state index in [0.29, 0.717) is 12.5 Å². The van der Waals surface area contributed by atoms with Crippen LogP contribution in [0.15, 0.2) is 11.0 Å². The second-order valence-electron chi connectivity index (χ2n) is 10.8. The zero-order chi connectivity index (χ0) is 25.2. The number of ketones is 1. The molecule has 1 aromatic heterocycles. The SMILES string of the molecule is CC(=Cc1csc(C)n1)[C@@H]1C[C@@H]2N[C@@H]2CCC[C@H](C)C(O)[C@@H](C)C(=O)C(C)(C)[C@@H](O)CC(=O)O1. The fourth-order valence-corrected chi connectivity index (χ4v) is 5.49. The van der Waals surface area contributed by atoms with E-state index in [1.807, 2.05) is 32.2 Å². The number of aryl methyl sites for hydroxylation is 1. The number of aliphatic hydroxyl groups is 2. The van der Waals surface area contributed by atoms with Crippen LogP contribution in [0.3, 0.4) is 0 Å². The molecule has 34 heavy (non-hydrogen) atoms. The molecule has 1 unspecified atom stereocenters. The van der Waals surface area contributed by atoms with Crippen molar-refractivity contribution in [1.82, 2.24) is 10.3 Å². The van der Waals surface area contributed by atoms with E-state index in [0.717, 1.165) is 35.5 Å². The highest BCUT2D eigenvalue weighted by Crippen LogP contribution is 2.33. The molecule has 2 aliphatic rings. The van der Waals surface area contributed by atoms with Crippen molar-refractivity contribution in [3.63, 3.8) is 0 Å². The molecular formula is C26H40N2O5S.